The smallest absolute Gasteiger partial charge is 0.224 e. The highest BCUT2D eigenvalue weighted by molar-refractivity contribution is 5.93. The van der Waals surface area contributed by atoms with Gasteiger partial charge in [0.15, 0.2) is 0 Å². The number of nitrogen functional groups attached to an aromatic ring is 1. The molecule has 0 aliphatic rings. The van der Waals surface area contributed by atoms with E-state index in [-0.39, 0.29) is 5.91 Å². The highest BCUT2D eigenvalue weighted by Crippen LogP contribution is 2.17. The molecule has 4 N–H and O–H groups in total. The molecule has 0 fully saturated rings. The Labute approximate surface area is 107 Å². The number of rotatable bonds is 8. The maximum Gasteiger partial charge on any atom is 0.224 e. The Morgan fingerprint density at radius 3 is 2.72 bits per heavy atom. The van der Waals surface area contributed by atoms with Crippen LogP contribution >= 0.6 is 0 Å². The molecule has 0 atom stereocenters. The van der Waals surface area contributed by atoms with Crippen LogP contribution in [-0.4, -0.2) is 18.9 Å². The van der Waals surface area contributed by atoms with Crippen LogP contribution in [0.3, 0.4) is 0 Å². The third-order valence-electron chi connectivity index (χ3n) is 2.54. The summed E-state index contributed by atoms with van der Waals surface area (Å²) in [4.78, 5) is 21.6. The highest BCUT2D eigenvalue weighted by Gasteiger charge is 2.03. The van der Waals surface area contributed by atoms with E-state index < -0.39 is 0 Å². The Morgan fingerprint density at radius 2 is 2.00 bits per heavy atom. The van der Waals surface area contributed by atoms with Crippen LogP contribution in [0.15, 0.2) is 24.3 Å². The zero-order valence-corrected chi connectivity index (χ0v) is 10.3. The first-order valence-corrected chi connectivity index (χ1v) is 6.05. The van der Waals surface area contributed by atoms with Gasteiger partial charge in [-0.3, -0.25) is 9.59 Å². The summed E-state index contributed by atoms with van der Waals surface area (Å²) in [7, 11) is 0. The molecule has 0 aliphatic carbocycles. The molecule has 1 aromatic rings. The van der Waals surface area contributed by atoms with E-state index in [0.29, 0.717) is 30.8 Å². The molecule has 0 unspecified atom stereocenters. The minimum Gasteiger partial charge on any atom is -0.397 e. The van der Waals surface area contributed by atoms with Gasteiger partial charge in [-0.25, -0.2) is 0 Å². The summed E-state index contributed by atoms with van der Waals surface area (Å²) in [6.07, 6.45) is 3.76. The minimum absolute atomic E-state index is 0.0313. The second kappa shape index (κ2) is 8.11. The van der Waals surface area contributed by atoms with Gasteiger partial charge in [-0.1, -0.05) is 18.6 Å². The molecule has 0 saturated heterocycles. The van der Waals surface area contributed by atoms with Gasteiger partial charge in [0.25, 0.3) is 0 Å². The van der Waals surface area contributed by atoms with E-state index in [0.717, 1.165) is 19.3 Å². The number of nitrogens with one attached hydrogen (secondary N) is 2. The van der Waals surface area contributed by atoms with Crippen molar-refractivity contribution in [3.63, 3.8) is 0 Å². The van der Waals surface area contributed by atoms with Crippen LogP contribution in [0.5, 0.6) is 0 Å². The fourth-order valence-electron chi connectivity index (χ4n) is 1.57. The van der Waals surface area contributed by atoms with Gasteiger partial charge in [-0.2, -0.15) is 0 Å². The molecule has 0 radical (unpaired) electrons. The molecule has 18 heavy (non-hydrogen) atoms. The Balaban J connectivity index is 2.18. The van der Waals surface area contributed by atoms with Crippen molar-refractivity contribution >= 4 is 23.7 Å². The largest absolute Gasteiger partial charge is 0.397 e. The molecule has 0 heterocycles. The van der Waals surface area contributed by atoms with Crippen molar-refractivity contribution in [2.75, 3.05) is 17.6 Å². The van der Waals surface area contributed by atoms with Gasteiger partial charge in [0.2, 0.25) is 12.3 Å². The van der Waals surface area contributed by atoms with Crippen molar-refractivity contribution in [1.29, 1.82) is 0 Å². The van der Waals surface area contributed by atoms with Crippen LogP contribution in [0.2, 0.25) is 0 Å². The third kappa shape index (κ3) is 5.34. The molecule has 0 spiro atoms. The van der Waals surface area contributed by atoms with Crippen LogP contribution in [0.4, 0.5) is 11.4 Å². The molecule has 0 aromatic heterocycles. The molecular formula is C13H19N3O2. The maximum atomic E-state index is 11.6. The topological polar surface area (TPSA) is 84.2 Å². The lowest BCUT2D eigenvalue weighted by molar-refractivity contribution is -0.116. The summed E-state index contributed by atoms with van der Waals surface area (Å²) in [6, 6.07) is 7.18. The Hall–Kier alpha value is -2.04. The van der Waals surface area contributed by atoms with Crippen molar-refractivity contribution in [2.45, 2.75) is 25.7 Å². The van der Waals surface area contributed by atoms with Crippen molar-refractivity contribution in [3.8, 4) is 0 Å². The van der Waals surface area contributed by atoms with E-state index in [1.54, 1.807) is 12.1 Å². The van der Waals surface area contributed by atoms with Gasteiger partial charge in [0, 0.05) is 13.0 Å². The Kier molecular flexibility index (Phi) is 6.32. The second-order valence-electron chi connectivity index (χ2n) is 4.02. The molecule has 0 bridgehead atoms. The van der Waals surface area contributed by atoms with E-state index in [9.17, 15) is 9.59 Å². The van der Waals surface area contributed by atoms with E-state index in [1.807, 2.05) is 12.1 Å². The molecule has 5 heteroatoms. The number of nitrogens with two attached hydrogens (primary N) is 1. The van der Waals surface area contributed by atoms with Gasteiger partial charge < -0.3 is 16.4 Å². The van der Waals surface area contributed by atoms with Crippen LogP contribution in [-0.2, 0) is 9.59 Å². The van der Waals surface area contributed by atoms with Crippen molar-refractivity contribution < 1.29 is 9.59 Å². The van der Waals surface area contributed by atoms with Crippen molar-refractivity contribution in [2.24, 2.45) is 0 Å². The first-order chi connectivity index (χ1) is 8.74. The van der Waals surface area contributed by atoms with Gasteiger partial charge >= 0.3 is 0 Å². The maximum absolute atomic E-state index is 11.6. The monoisotopic (exact) mass is 249 g/mol. The fourth-order valence-corrected chi connectivity index (χ4v) is 1.57. The standard InChI is InChI=1S/C13H19N3O2/c14-11-6-3-4-7-12(11)16-13(18)8-2-1-5-9-15-10-17/h3-4,6-7,10H,1-2,5,8-9,14H2,(H,15,17)(H,16,18). The van der Waals surface area contributed by atoms with Crippen LogP contribution in [0.1, 0.15) is 25.7 Å². The van der Waals surface area contributed by atoms with E-state index in [2.05, 4.69) is 10.6 Å². The fraction of sp³-hybridized carbons (Fsp3) is 0.385. The van der Waals surface area contributed by atoms with Crippen molar-refractivity contribution in [3.05, 3.63) is 24.3 Å². The first kappa shape index (κ1) is 14.0. The molecule has 1 rings (SSSR count). The summed E-state index contributed by atoms with van der Waals surface area (Å²) >= 11 is 0. The molecular weight excluding hydrogens is 230 g/mol. The summed E-state index contributed by atoms with van der Waals surface area (Å²) in [6.45, 7) is 0.663. The lowest BCUT2D eigenvalue weighted by atomic mass is 10.2. The minimum atomic E-state index is -0.0313. The lowest BCUT2D eigenvalue weighted by Gasteiger charge is -2.07. The SMILES string of the molecule is Nc1ccccc1NC(=O)CCCCCNC=O. The number of carbonyl (C=O) groups is 2. The summed E-state index contributed by atoms with van der Waals surface area (Å²) < 4.78 is 0. The first-order valence-electron chi connectivity index (χ1n) is 6.05. The number of hydrogen-bond donors (Lipinski definition) is 3. The van der Waals surface area contributed by atoms with Crippen LogP contribution < -0.4 is 16.4 Å². The average Bonchev–Trinajstić information content (AvgIpc) is 2.36. The van der Waals surface area contributed by atoms with E-state index in [4.69, 9.17) is 5.73 Å². The average molecular weight is 249 g/mol. The quantitative estimate of drug-likeness (QED) is 0.371. The molecule has 0 aliphatic heterocycles. The number of para-hydroxylation sites is 2. The highest BCUT2D eigenvalue weighted by atomic mass is 16.1. The zero-order chi connectivity index (χ0) is 13.2. The predicted molar refractivity (Wildman–Crippen MR) is 72.0 cm³/mol. The molecule has 98 valence electrons. The summed E-state index contributed by atoms with van der Waals surface area (Å²) in [5.41, 5.74) is 6.95. The molecule has 2 amide bonds. The van der Waals surface area contributed by atoms with Crippen LogP contribution in [0, 0.1) is 0 Å². The van der Waals surface area contributed by atoms with Gasteiger partial charge in [0.05, 0.1) is 11.4 Å². The van der Waals surface area contributed by atoms with E-state index in [1.165, 1.54) is 0 Å². The van der Waals surface area contributed by atoms with Gasteiger partial charge in [-0.15, -0.1) is 0 Å². The number of carbonyl (C=O) groups excluding carboxylic acids is 2. The zero-order valence-electron chi connectivity index (χ0n) is 10.3. The third-order valence-corrected chi connectivity index (χ3v) is 2.54. The van der Waals surface area contributed by atoms with Gasteiger partial charge in [-0.05, 0) is 25.0 Å². The van der Waals surface area contributed by atoms with Gasteiger partial charge in [0.1, 0.15) is 0 Å². The molecule has 5 nitrogen and oxygen atoms in total. The van der Waals surface area contributed by atoms with Crippen molar-refractivity contribution in [1.82, 2.24) is 5.32 Å². The predicted octanol–water partition coefficient (Wildman–Crippen LogP) is 1.51. The molecule has 1 aromatic carbocycles. The Morgan fingerprint density at radius 1 is 1.22 bits per heavy atom. The number of anilines is 2. The number of amides is 2. The number of benzene rings is 1. The normalized spacial score (nSPS) is 9.78. The Bertz CT molecular complexity index is 394. The molecule has 0 saturated carbocycles. The van der Waals surface area contributed by atoms with E-state index >= 15 is 0 Å². The summed E-state index contributed by atoms with van der Waals surface area (Å²) in [5.74, 6) is -0.0313. The summed E-state index contributed by atoms with van der Waals surface area (Å²) in [5, 5.41) is 5.36. The number of hydrogen-bond acceptors (Lipinski definition) is 3. The lowest BCUT2D eigenvalue weighted by Crippen LogP contribution is -2.14. The number of unbranched alkanes of at least 4 members (excludes halogenated alkanes) is 2. The second-order valence-corrected chi connectivity index (χ2v) is 4.02. The van der Waals surface area contributed by atoms with Crippen LogP contribution in [0.25, 0.3) is 0 Å².